The van der Waals surface area contributed by atoms with Gasteiger partial charge in [0.05, 0.1) is 16.9 Å². The summed E-state index contributed by atoms with van der Waals surface area (Å²) in [6.45, 7) is 2.90. The number of H-pyrrole nitrogens is 1. The Morgan fingerprint density at radius 1 is 1.44 bits per heavy atom. The predicted molar refractivity (Wildman–Crippen MR) is 76.0 cm³/mol. The van der Waals surface area contributed by atoms with Crippen LogP contribution in [0.25, 0.3) is 0 Å². The van der Waals surface area contributed by atoms with Crippen LogP contribution in [0.5, 0.6) is 0 Å². The van der Waals surface area contributed by atoms with Gasteiger partial charge in [-0.05, 0) is 43.5 Å². The maximum Gasteiger partial charge on any atom is 0.0657 e. The van der Waals surface area contributed by atoms with Gasteiger partial charge in [-0.2, -0.15) is 5.10 Å². The Morgan fingerprint density at radius 2 is 2.28 bits per heavy atom. The molecule has 5 heteroatoms. The second-order valence-corrected chi connectivity index (χ2v) is 4.70. The highest BCUT2D eigenvalue weighted by Gasteiger charge is 2.02. The first kappa shape index (κ1) is 12.8. The van der Waals surface area contributed by atoms with E-state index in [9.17, 15) is 0 Å². The lowest BCUT2D eigenvalue weighted by Gasteiger charge is -2.08. The number of nitrogens with one attached hydrogen (secondary N) is 2. The molecule has 0 fully saturated rings. The molecule has 0 atom stereocenters. The van der Waals surface area contributed by atoms with Crippen LogP contribution in [-0.2, 0) is 6.42 Å². The van der Waals surface area contributed by atoms with Crippen molar-refractivity contribution in [3.63, 3.8) is 0 Å². The number of hydrogen-bond acceptors (Lipinski definition) is 3. The highest BCUT2D eigenvalue weighted by Crippen LogP contribution is 2.23. The van der Waals surface area contributed by atoms with Gasteiger partial charge < -0.3 is 11.1 Å². The molecule has 0 spiro atoms. The van der Waals surface area contributed by atoms with Gasteiger partial charge in [-0.3, -0.25) is 5.10 Å². The van der Waals surface area contributed by atoms with E-state index in [0.717, 1.165) is 30.8 Å². The summed E-state index contributed by atoms with van der Waals surface area (Å²) >= 11 is 6.08. The van der Waals surface area contributed by atoms with Gasteiger partial charge in [0.25, 0.3) is 0 Å². The third-order valence-corrected chi connectivity index (χ3v) is 3.18. The number of aromatic nitrogens is 2. The lowest BCUT2D eigenvalue weighted by molar-refractivity contribution is 0.857. The molecule has 18 heavy (non-hydrogen) atoms. The van der Waals surface area contributed by atoms with E-state index in [0.29, 0.717) is 10.7 Å². The topological polar surface area (TPSA) is 66.7 Å². The van der Waals surface area contributed by atoms with Crippen molar-refractivity contribution in [1.82, 2.24) is 10.2 Å². The molecule has 4 nitrogen and oxygen atoms in total. The fourth-order valence-electron chi connectivity index (χ4n) is 1.80. The smallest absolute Gasteiger partial charge is 0.0657 e. The number of benzene rings is 1. The van der Waals surface area contributed by atoms with E-state index in [2.05, 4.69) is 15.5 Å². The molecule has 0 amide bonds. The van der Waals surface area contributed by atoms with Crippen molar-refractivity contribution in [3.05, 3.63) is 40.7 Å². The van der Waals surface area contributed by atoms with Crippen LogP contribution in [-0.4, -0.2) is 16.7 Å². The van der Waals surface area contributed by atoms with Crippen molar-refractivity contribution in [2.24, 2.45) is 0 Å². The van der Waals surface area contributed by atoms with Gasteiger partial charge in [-0.15, -0.1) is 0 Å². The zero-order valence-electron chi connectivity index (χ0n) is 10.3. The standard InChI is InChI=1S/C13H17ClN4/c1-9-10(8-17-18-9)3-2-6-16-13-5-4-11(15)7-12(13)14/h4-5,7-8,16H,2-3,6,15H2,1H3,(H,17,18). The number of hydrogen-bond donors (Lipinski definition) is 3. The van der Waals surface area contributed by atoms with Crippen LogP contribution in [0.1, 0.15) is 17.7 Å². The van der Waals surface area contributed by atoms with Crippen molar-refractivity contribution in [2.75, 3.05) is 17.6 Å². The molecule has 1 heterocycles. The number of aryl methyl sites for hydroxylation is 2. The number of nitrogens with two attached hydrogens (primary N) is 1. The van der Waals surface area contributed by atoms with Crippen LogP contribution in [0.2, 0.25) is 5.02 Å². The monoisotopic (exact) mass is 264 g/mol. The van der Waals surface area contributed by atoms with Crippen molar-refractivity contribution < 1.29 is 0 Å². The summed E-state index contributed by atoms with van der Waals surface area (Å²) < 4.78 is 0. The third kappa shape index (κ3) is 3.17. The Bertz CT molecular complexity index is 521. The van der Waals surface area contributed by atoms with E-state index in [1.165, 1.54) is 5.56 Å². The number of halogens is 1. The molecule has 0 saturated carbocycles. The first-order valence-electron chi connectivity index (χ1n) is 5.94. The molecular formula is C13H17ClN4. The summed E-state index contributed by atoms with van der Waals surface area (Å²) in [6, 6.07) is 5.50. The number of nitrogen functional groups attached to an aromatic ring is 1. The second kappa shape index (κ2) is 5.78. The molecule has 0 unspecified atom stereocenters. The van der Waals surface area contributed by atoms with Gasteiger partial charge in [-0.1, -0.05) is 11.6 Å². The van der Waals surface area contributed by atoms with Gasteiger partial charge in [0, 0.05) is 17.9 Å². The number of rotatable bonds is 5. The minimum Gasteiger partial charge on any atom is -0.399 e. The maximum absolute atomic E-state index is 6.08. The maximum atomic E-state index is 6.08. The zero-order chi connectivity index (χ0) is 13.0. The molecule has 2 aromatic rings. The molecular weight excluding hydrogens is 248 g/mol. The summed E-state index contributed by atoms with van der Waals surface area (Å²) in [7, 11) is 0. The molecule has 4 N–H and O–H groups in total. The SMILES string of the molecule is Cc1[nH]ncc1CCCNc1ccc(N)cc1Cl. The predicted octanol–water partition coefficient (Wildman–Crippen LogP) is 3.00. The normalized spacial score (nSPS) is 10.6. The zero-order valence-corrected chi connectivity index (χ0v) is 11.1. The molecule has 1 aromatic carbocycles. The second-order valence-electron chi connectivity index (χ2n) is 4.29. The highest BCUT2D eigenvalue weighted by molar-refractivity contribution is 6.33. The van der Waals surface area contributed by atoms with Crippen LogP contribution in [0.4, 0.5) is 11.4 Å². The average Bonchev–Trinajstić information content (AvgIpc) is 2.73. The number of aromatic amines is 1. The van der Waals surface area contributed by atoms with Crippen LogP contribution >= 0.6 is 11.6 Å². The molecule has 0 aliphatic rings. The summed E-state index contributed by atoms with van der Waals surface area (Å²) in [5.41, 5.74) is 9.65. The molecule has 0 aliphatic carbocycles. The molecule has 1 aromatic heterocycles. The van der Waals surface area contributed by atoms with Crippen molar-refractivity contribution in [2.45, 2.75) is 19.8 Å². The van der Waals surface area contributed by atoms with Crippen LogP contribution in [0, 0.1) is 6.92 Å². The third-order valence-electron chi connectivity index (χ3n) is 2.87. The van der Waals surface area contributed by atoms with Crippen molar-refractivity contribution in [3.8, 4) is 0 Å². The van der Waals surface area contributed by atoms with Gasteiger partial charge in [0.2, 0.25) is 0 Å². The van der Waals surface area contributed by atoms with Crippen molar-refractivity contribution in [1.29, 1.82) is 0 Å². The molecule has 0 radical (unpaired) electrons. The van der Waals surface area contributed by atoms with Gasteiger partial charge in [0.15, 0.2) is 0 Å². The summed E-state index contributed by atoms with van der Waals surface area (Å²) in [5.74, 6) is 0. The minimum absolute atomic E-state index is 0.662. The fraction of sp³-hybridized carbons (Fsp3) is 0.308. The highest BCUT2D eigenvalue weighted by atomic mass is 35.5. The lowest BCUT2D eigenvalue weighted by Crippen LogP contribution is -2.04. The van der Waals surface area contributed by atoms with Crippen LogP contribution in [0.15, 0.2) is 24.4 Å². The van der Waals surface area contributed by atoms with E-state index >= 15 is 0 Å². The van der Waals surface area contributed by atoms with Crippen molar-refractivity contribution >= 4 is 23.0 Å². The number of nitrogens with zero attached hydrogens (tertiary/aromatic N) is 1. The molecule has 0 bridgehead atoms. The fourth-order valence-corrected chi connectivity index (χ4v) is 2.06. The molecule has 96 valence electrons. The van der Waals surface area contributed by atoms with Crippen LogP contribution in [0.3, 0.4) is 0 Å². The van der Waals surface area contributed by atoms with Gasteiger partial charge >= 0.3 is 0 Å². The van der Waals surface area contributed by atoms with E-state index in [-0.39, 0.29) is 0 Å². The average molecular weight is 265 g/mol. The lowest BCUT2D eigenvalue weighted by atomic mass is 10.1. The molecule has 2 rings (SSSR count). The van der Waals surface area contributed by atoms with E-state index in [4.69, 9.17) is 17.3 Å². The Balaban J connectivity index is 1.80. The largest absolute Gasteiger partial charge is 0.399 e. The van der Waals surface area contributed by atoms with E-state index in [1.54, 1.807) is 6.07 Å². The summed E-state index contributed by atoms with van der Waals surface area (Å²) in [6.07, 6.45) is 3.91. The minimum atomic E-state index is 0.662. The Morgan fingerprint density at radius 3 is 2.94 bits per heavy atom. The van der Waals surface area contributed by atoms with Gasteiger partial charge in [-0.25, -0.2) is 0 Å². The first-order chi connectivity index (χ1) is 8.66. The quantitative estimate of drug-likeness (QED) is 0.574. The van der Waals surface area contributed by atoms with Gasteiger partial charge in [0.1, 0.15) is 0 Å². The van der Waals surface area contributed by atoms with Crippen LogP contribution < -0.4 is 11.1 Å². The first-order valence-corrected chi connectivity index (χ1v) is 6.32. The molecule has 0 aliphatic heterocycles. The van der Waals surface area contributed by atoms with E-state index in [1.807, 2.05) is 25.3 Å². The summed E-state index contributed by atoms with van der Waals surface area (Å²) in [5, 5.41) is 10.9. The Labute approximate surface area is 112 Å². The Kier molecular flexibility index (Phi) is 4.10. The number of anilines is 2. The molecule has 0 saturated heterocycles. The Hall–Kier alpha value is -1.68. The summed E-state index contributed by atoms with van der Waals surface area (Å²) in [4.78, 5) is 0. The van der Waals surface area contributed by atoms with E-state index < -0.39 is 0 Å².